The van der Waals surface area contributed by atoms with E-state index in [0.717, 1.165) is 16.7 Å². The average Bonchev–Trinajstić information content (AvgIpc) is 2.68. The van der Waals surface area contributed by atoms with Crippen molar-refractivity contribution in [1.82, 2.24) is 0 Å². The molecule has 3 aromatic carbocycles. The maximum atomic E-state index is 14.1. The van der Waals surface area contributed by atoms with E-state index in [9.17, 15) is 9.36 Å². The SMILES string of the molecule is COc1ccc(P(=O)(Oc2ccccc2)C(=O)c2c(C)cc(C)cc2C)cc1. The van der Waals surface area contributed by atoms with Crippen LogP contribution >= 0.6 is 7.37 Å². The smallest absolute Gasteiger partial charge is 0.346 e. The predicted octanol–water partition coefficient (Wildman–Crippen LogP) is 5.44. The molecule has 0 aromatic heterocycles. The summed E-state index contributed by atoms with van der Waals surface area (Å²) in [4.78, 5) is 13.6. The molecule has 0 aliphatic rings. The standard InChI is InChI=1S/C23H23O4P/c1-16-14-17(2)22(18(3)15-16)23(24)28(25,27-20-8-6-5-7-9-20)21-12-10-19(26-4)11-13-21/h5-15H,1-4H3. The molecule has 28 heavy (non-hydrogen) atoms. The summed E-state index contributed by atoms with van der Waals surface area (Å²) in [6, 6.07) is 19.2. The molecule has 0 aliphatic carbocycles. The third-order valence-electron chi connectivity index (χ3n) is 4.55. The first-order valence-electron chi connectivity index (χ1n) is 8.97. The molecule has 5 heteroatoms. The minimum atomic E-state index is -3.90. The number of ether oxygens (including phenoxy) is 1. The molecule has 0 spiro atoms. The highest BCUT2D eigenvalue weighted by Gasteiger charge is 2.39. The van der Waals surface area contributed by atoms with E-state index < -0.39 is 12.9 Å². The number of rotatable bonds is 6. The molecular weight excluding hydrogens is 371 g/mol. The van der Waals surface area contributed by atoms with Gasteiger partial charge in [-0.1, -0.05) is 35.9 Å². The Bertz CT molecular complexity index is 1020. The Labute approximate surface area is 165 Å². The fourth-order valence-electron chi connectivity index (χ4n) is 3.28. The van der Waals surface area contributed by atoms with E-state index in [2.05, 4.69) is 0 Å². The number of para-hydroxylation sites is 1. The van der Waals surface area contributed by atoms with E-state index >= 15 is 0 Å². The van der Waals surface area contributed by atoms with E-state index in [1.165, 1.54) is 0 Å². The number of hydrogen-bond donors (Lipinski definition) is 0. The Kier molecular flexibility index (Phi) is 5.71. The van der Waals surface area contributed by atoms with Crippen molar-refractivity contribution in [3.8, 4) is 11.5 Å². The second kappa shape index (κ2) is 8.04. The van der Waals surface area contributed by atoms with Crippen molar-refractivity contribution in [2.24, 2.45) is 0 Å². The van der Waals surface area contributed by atoms with Crippen LogP contribution in [0, 0.1) is 20.8 Å². The summed E-state index contributed by atoms with van der Waals surface area (Å²) in [5, 5.41) is 0.335. The van der Waals surface area contributed by atoms with Gasteiger partial charge in [0, 0.05) is 5.56 Å². The van der Waals surface area contributed by atoms with Crippen LogP contribution in [0.1, 0.15) is 27.0 Å². The summed E-state index contributed by atoms with van der Waals surface area (Å²) < 4.78 is 25.1. The summed E-state index contributed by atoms with van der Waals surface area (Å²) >= 11 is 0. The van der Waals surface area contributed by atoms with Crippen LogP contribution in [0.15, 0.2) is 66.7 Å². The molecule has 0 aliphatic heterocycles. The number of carbonyl (C=O) groups is 1. The van der Waals surface area contributed by atoms with Crippen molar-refractivity contribution >= 4 is 18.2 Å². The van der Waals surface area contributed by atoms with Crippen molar-refractivity contribution in [3.63, 3.8) is 0 Å². The third kappa shape index (κ3) is 3.88. The highest BCUT2D eigenvalue weighted by atomic mass is 31.2. The monoisotopic (exact) mass is 394 g/mol. The average molecular weight is 394 g/mol. The molecule has 0 saturated carbocycles. The molecule has 0 heterocycles. The Balaban J connectivity index is 2.15. The summed E-state index contributed by atoms with van der Waals surface area (Å²) in [5.41, 5.74) is 2.56. The fraction of sp³-hybridized carbons (Fsp3) is 0.174. The van der Waals surface area contributed by atoms with Crippen LogP contribution in [0.4, 0.5) is 0 Å². The van der Waals surface area contributed by atoms with Gasteiger partial charge in [-0.25, -0.2) is 0 Å². The van der Waals surface area contributed by atoms with E-state index in [1.54, 1.807) is 55.6 Å². The topological polar surface area (TPSA) is 52.6 Å². The zero-order chi connectivity index (χ0) is 20.3. The van der Waals surface area contributed by atoms with Crippen LogP contribution in [-0.2, 0) is 4.57 Å². The third-order valence-corrected chi connectivity index (χ3v) is 6.75. The maximum absolute atomic E-state index is 14.1. The second-order valence-corrected chi connectivity index (χ2v) is 8.94. The van der Waals surface area contributed by atoms with Gasteiger partial charge in [0.15, 0.2) is 0 Å². The van der Waals surface area contributed by atoms with E-state index in [4.69, 9.17) is 9.26 Å². The maximum Gasteiger partial charge on any atom is 0.346 e. The van der Waals surface area contributed by atoms with Gasteiger partial charge in [0.1, 0.15) is 11.5 Å². The zero-order valence-corrected chi connectivity index (χ0v) is 17.3. The normalized spacial score (nSPS) is 12.9. The molecule has 1 atom stereocenters. The van der Waals surface area contributed by atoms with E-state index in [-0.39, 0.29) is 0 Å². The number of hydrogen-bond acceptors (Lipinski definition) is 4. The van der Waals surface area contributed by atoms with Crippen molar-refractivity contribution < 1.29 is 18.6 Å². The molecule has 0 N–H and O–H groups in total. The first kappa shape index (κ1) is 19.9. The quantitative estimate of drug-likeness (QED) is 0.522. The molecular formula is C23H23O4P. The number of methoxy groups -OCH3 is 1. The van der Waals surface area contributed by atoms with Crippen LogP contribution in [0.3, 0.4) is 0 Å². The van der Waals surface area contributed by atoms with Gasteiger partial charge < -0.3 is 9.26 Å². The lowest BCUT2D eigenvalue weighted by Crippen LogP contribution is -2.19. The molecule has 144 valence electrons. The molecule has 4 nitrogen and oxygen atoms in total. The second-order valence-electron chi connectivity index (χ2n) is 6.73. The number of carbonyl (C=O) groups excluding carboxylic acids is 1. The van der Waals surface area contributed by atoms with E-state index in [1.807, 2.05) is 39.0 Å². The minimum absolute atomic E-state index is 0.335. The Morgan fingerprint density at radius 2 is 1.39 bits per heavy atom. The van der Waals surface area contributed by atoms with Crippen molar-refractivity contribution in [2.75, 3.05) is 7.11 Å². The molecule has 0 saturated heterocycles. The van der Waals surface area contributed by atoms with Crippen LogP contribution in [0.25, 0.3) is 0 Å². The minimum Gasteiger partial charge on any atom is -0.497 e. The Morgan fingerprint density at radius 3 is 1.93 bits per heavy atom. The molecule has 1 unspecified atom stereocenters. The lowest BCUT2D eigenvalue weighted by Gasteiger charge is -2.21. The van der Waals surface area contributed by atoms with Gasteiger partial charge in [-0.3, -0.25) is 9.36 Å². The summed E-state index contributed by atoms with van der Waals surface area (Å²) in [6.07, 6.45) is 0. The van der Waals surface area contributed by atoms with Gasteiger partial charge in [-0.2, -0.15) is 0 Å². The summed E-state index contributed by atoms with van der Waals surface area (Å²) in [5.74, 6) is 1.00. The number of aryl methyl sites for hydroxylation is 3. The van der Waals surface area contributed by atoms with Gasteiger partial charge in [0.05, 0.1) is 12.4 Å². The first-order valence-corrected chi connectivity index (χ1v) is 10.6. The summed E-state index contributed by atoms with van der Waals surface area (Å²) in [7, 11) is -2.35. The molecule has 0 amide bonds. The first-order chi connectivity index (χ1) is 13.3. The summed E-state index contributed by atoms with van der Waals surface area (Å²) in [6.45, 7) is 5.68. The largest absolute Gasteiger partial charge is 0.497 e. The molecule has 3 aromatic rings. The van der Waals surface area contributed by atoms with Crippen LogP contribution in [-0.4, -0.2) is 12.6 Å². The van der Waals surface area contributed by atoms with Crippen LogP contribution in [0.2, 0.25) is 0 Å². The fourth-order valence-corrected chi connectivity index (χ4v) is 5.31. The van der Waals surface area contributed by atoms with Crippen LogP contribution in [0.5, 0.6) is 11.5 Å². The van der Waals surface area contributed by atoms with Gasteiger partial charge in [0.25, 0.3) is 5.52 Å². The van der Waals surface area contributed by atoms with Gasteiger partial charge in [-0.05, 0) is 68.3 Å². The predicted molar refractivity (Wildman–Crippen MR) is 112 cm³/mol. The lowest BCUT2D eigenvalue weighted by molar-refractivity contribution is 0.106. The van der Waals surface area contributed by atoms with Gasteiger partial charge >= 0.3 is 7.37 Å². The highest BCUT2D eigenvalue weighted by molar-refractivity contribution is 7.83. The van der Waals surface area contributed by atoms with Gasteiger partial charge in [0.2, 0.25) is 0 Å². The molecule has 0 fully saturated rings. The zero-order valence-electron chi connectivity index (χ0n) is 16.4. The van der Waals surface area contributed by atoms with Crippen LogP contribution < -0.4 is 14.6 Å². The number of benzene rings is 3. The molecule has 3 rings (SSSR count). The Hall–Kier alpha value is -2.84. The van der Waals surface area contributed by atoms with Crippen molar-refractivity contribution in [2.45, 2.75) is 20.8 Å². The highest BCUT2D eigenvalue weighted by Crippen LogP contribution is 2.50. The van der Waals surface area contributed by atoms with Gasteiger partial charge in [-0.15, -0.1) is 0 Å². The Morgan fingerprint density at radius 1 is 0.821 bits per heavy atom. The van der Waals surface area contributed by atoms with E-state index in [0.29, 0.717) is 22.4 Å². The van der Waals surface area contributed by atoms with Crippen molar-refractivity contribution in [1.29, 1.82) is 0 Å². The van der Waals surface area contributed by atoms with Crippen molar-refractivity contribution in [3.05, 3.63) is 89.0 Å². The lowest BCUT2D eigenvalue weighted by atomic mass is 10.0. The molecule has 0 bridgehead atoms. The molecule has 0 radical (unpaired) electrons.